The summed E-state index contributed by atoms with van der Waals surface area (Å²) in [6, 6.07) is 0. The van der Waals surface area contributed by atoms with E-state index in [9.17, 15) is 4.21 Å². The second-order valence-electron chi connectivity index (χ2n) is 0.402. The lowest BCUT2D eigenvalue weighted by Crippen LogP contribution is -2.03. The van der Waals surface area contributed by atoms with E-state index >= 15 is 0 Å². The highest BCUT2D eigenvalue weighted by atomic mass is 32.2. The topological polar surface area (TPSA) is 43.1 Å². The SMILES string of the molecule is NC(=S)[S+]=O. The van der Waals surface area contributed by atoms with Gasteiger partial charge in [-0.05, 0) is 0 Å². The lowest BCUT2D eigenvalue weighted by molar-refractivity contribution is 0.609. The quantitative estimate of drug-likeness (QED) is 0.341. The van der Waals surface area contributed by atoms with Gasteiger partial charge in [-0.1, -0.05) is 0 Å². The van der Waals surface area contributed by atoms with Crippen molar-refractivity contribution in [3.63, 3.8) is 0 Å². The minimum absolute atomic E-state index is 0.0509. The molecular weight excluding hydrogens is 106 g/mol. The summed E-state index contributed by atoms with van der Waals surface area (Å²) in [5.74, 6) is 0. The third-order valence-corrected chi connectivity index (χ3v) is 0.451. The molecule has 5 heavy (non-hydrogen) atoms. The zero-order valence-corrected chi connectivity index (χ0v) is 3.94. The minimum Gasteiger partial charge on any atom is -0.338 e. The van der Waals surface area contributed by atoms with Crippen LogP contribution in [-0.2, 0) is 15.9 Å². The summed E-state index contributed by atoms with van der Waals surface area (Å²) in [6.07, 6.45) is 0. The van der Waals surface area contributed by atoms with Crippen molar-refractivity contribution in [1.29, 1.82) is 0 Å². The van der Waals surface area contributed by atoms with Crippen LogP contribution >= 0.6 is 12.2 Å². The molecule has 4 heteroatoms. The number of thiocarbonyl (C=S) groups is 1. The number of hydrogen-bond acceptors (Lipinski definition) is 2. The first-order chi connectivity index (χ1) is 2.27. The average Bonchev–Trinajstić information content (AvgIpc) is 1.38. The van der Waals surface area contributed by atoms with Gasteiger partial charge in [0.2, 0.25) is 0 Å². The second-order valence-corrected chi connectivity index (χ2v) is 1.71. The van der Waals surface area contributed by atoms with Gasteiger partial charge in [0.1, 0.15) is 0 Å². The molecule has 0 unspecified atom stereocenters. The molecule has 0 saturated carbocycles. The highest BCUT2D eigenvalue weighted by molar-refractivity contribution is 8.03. The van der Waals surface area contributed by atoms with E-state index in [1.165, 1.54) is 0 Å². The summed E-state index contributed by atoms with van der Waals surface area (Å²) >= 11 is 4.26. The van der Waals surface area contributed by atoms with Gasteiger partial charge in [-0.15, -0.1) is 0 Å². The van der Waals surface area contributed by atoms with Crippen molar-refractivity contribution in [2.75, 3.05) is 0 Å². The molecule has 0 bridgehead atoms. The molecule has 0 aromatic carbocycles. The van der Waals surface area contributed by atoms with Crippen LogP contribution in [0.25, 0.3) is 0 Å². The summed E-state index contributed by atoms with van der Waals surface area (Å²) in [4.78, 5) is 0. The lowest BCUT2D eigenvalue weighted by Gasteiger charge is -1.44. The van der Waals surface area contributed by atoms with E-state index in [1.54, 1.807) is 0 Å². The Morgan fingerprint density at radius 1 is 2.00 bits per heavy atom. The van der Waals surface area contributed by atoms with Crippen molar-refractivity contribution in [2.45, 2.75) is 0 Å². The second kappa shape index (κ2) is 2.17. The molecule has 0 radical (unpaired) electrons. The molecule has 2 N–H and O–H groups in total. The van der Waals surface area contributed by atoms with Crippen LogP contribution in [0, 0.1) is 0 Å². The normalized spacial score (nSPS) is 6.40. The number of nitrogens with two attached hydrogens (primary N) is 1. The molecule has 0 fully saturated rings. The Labute approximate surface area is 38.8 Å². The van der Waals surface area contributed by atoms with E-state index in [-0.39, 0.29) is 16.0 Å². The van der Waals surface area contributed by atoms with Crippen LogP contribution in [-0.4, -0.2) is 4.32 Å². The van der Waals surface area contributed by atoms with Gasteiger partial charge in [0.25, 0.3) is 0 Å². The molecule has 2 nitrogen and oxygen atoms in total. The molecule has 0 heterocycles. The van der Waals surface area contributed by atoms with Gasteiger partial charge >= 0.3 is 16.0 Å². The molecular formula is CH2NOS2+. The van der Waals surface area contributed by atoms with Crippen molar-refractivity contribution in [1.82, 2.24) is 0 Å². The fraction of sp³-hybridized carbons (Fsp3) is 0. The zero-order chi connectivity index (χ0) is 4.28. The first kappa shape index (κ1) is 4.91. The van der Waals surface area contributed by atoms with Crippen LogP contribution in [0.1, 0.15) is 0 Å². The predicted octanol–water partition coefficient (Wildman–Crippen LogP) is -0.342. The molecule has 0 atom stereocenters. The van der Waals surface area contributed by atoms with Gasteiger partial charge in [0.05, 0.1) is 0 Å². The van der Waals surface area contributed by atoms with E-state index in [4.69, 9.17) is 0 Å². The first-order valence-electron chi connectivity index (χ1n) is 0.864. The van der Waals surface area contributed by atoms with Gasteiger partial charge in [-0.3, -0.25) is 0 Å². The fourth-order valence-corrected chi connectivity index (χ4v) is 0. The van der Waals surface area contributed by atoms with Gasteiger partial charge in [-0.25, -0.2) is 0 Å². The molecule has 0 spiro atoms. The maximum absolute atomic E-state index is 9.28. The summed E-state index contributed by atoms with van der Waals surface area (Å²) < 4.78 is 9.23. The van der Waals surface area contributed by atoms with Gasteiger partial charge in [0, 0.05) is 16.4 Å². The summed E-state index contributed by atoms with van der Waals surface area (Å²) in [5, 5.41) is 0. The molecule has 0 amide bonds. The van der Waals surface area contributed by atoms with E-state index in [0.717, 1.165) is 0 Å². The molecule has 0 aliphatic carbocycles. The van der Waals surface area contributed by atoms with Crippen molar-refractivity contribution in [3.05, 3.63) is 0 Å². The number of hydrogen-bond donors (Lipinski definition) is 1. The largest absolute Gasteiger partial charge is 0.537 e. The molecule has 0 saturated heterocycles. The van der Waals surface area contributed by atoms with Crippen LogP contribution in [0.4, 0.5) is 0 Å². The van der Waals surface area contributed by atoms with E-state index < -0.39 is 0 Å². The van der Waals surface area contributed by atoms with Crippen LogP contribution in [0.2, 0.25) is 0 Å². The molecule has 0 aromatic rings. The molecule has 0 aromatic heterocycles. The third kappa shape index (κ3) is 3.91. The van der Waals surface area contributed by atoms with Crippen molar-refractivity contribution < 1.29 is 4.21 Å². The maximum Gasteiger partial charge on any atom is 0.537 e. The Morgan fingerprint density at radius 2 is 2.20 bits per heavy atom. The minimum atomic E-state index is -0.0509. The molecule has 0 aliphatic rings. The predicted molar refractivity (Wildman–Crippen MR) is 24.8 cm³/mol. The van der Waals surface area contributed by atoms with Gasteiger partial charge in [-0.2, -0.15) is 0 Å². The standard InChI is InChI=1S/CHNOS2/c2-1(4)5-3/h(H-,2,4)/p+1. The van der Waals surface area contributed by atoms with E-state index in [2.05, 4.69) is 18.0 Å². The smallest absolute Gasteiger partial charge is 0.338 e. The summed E-state index contributed by atoms with van der Waals surface area (Å²) in [5.41, 5.74) is 4.67. The Kier molecular flexibility index (Phi) is 2.13. The number of rotatable bonds is 0. The Morgan fingerprint density at radius 3 is 2.20 bits per heavy atom. The van der Waals surface area contributed by atoms with Crippen molar-refractivity contribution >= 4 is 28.2 Å². The zero-order valence-electron chi connectivity index (χ0n) is 2.30. The molecule has 0 rings (SSSR count). The van der Waals surface area contributed by atoms with E-state index in [0.29, 0.717) is 0 Å². The van der Waals surface area contributed by atoms with Gasteiger partial charge in [0.15, 0.2) is 0 Å². The van der Waals surface area contributed by atoms with Crippen LogP contribution < -0.4 is 5.73 Å². The lowest BCUT2D eigenvalue weighted by atomic mass is 11.5. The Balaban J connectivity index is 3.20. The van der Waals surface area contributed by atoms with E-state index in [1.807, 2.05) is 0 Å². The average molecular weight is 108 g/mol. The first-order valence-corrected chi connectivity index (χ1v) is 2.01. The third-order valence-electron chi connectivity index (χ3n) is 0.0821. The van der Waals surface area contributed by atoms with Crippen molar-refractivity contribution in [3.8, 4) is 0 Å². The molecule has 0 aliphatic heterocycles. The molecule has 28 valence electrons. The fourth-order valence-electron chi connectivity index (χ4n) is 0. The van der Waals surface area contributed by atoms with Crippen LogP contribution in [0.5, 0.6) is 0 Å². The van der Waals surface area contributed by atoms with Crippen LogP contribution in [0.3, 0.4) is 0 Å². The summed E-state index contributed by atoms with van der Waals surface area (Å²) in [6.45, 7) is 0. The Bertz CT molecular complexity index is 60.7. The highest BCUT2D eigenvalue weighted by Crippen LogP contribution is 1.52. The van der Waals surface area contributed by atoms with Gasteiger partial charge < -0.3 is 5.73 Å². The van der Waals surface area contributed by atoms with Crippen LogP contribution in [0.15, 0.2) is 0 Å². The highest BCUT2D eigenvalue weighted by Gasteiger charge is 1.97. The van der Waals surface area contributed by atoms with Crippen molar-refractivity contribution in [2.24, 2.45) is 5.73 Å². The Hall–Kier alpha value is -0.0900. The maximum atomic E-state index is 9.28. The summed E-state index contributed by atoms with van der Waals surface area (Å²) in [7, 11) is 0. The monoisotopic (exact) mass is 108 g/mol.